The van der Waals surface area contributed by atoms with Gasteiger partial charge in [-0.3, -0.25) is 9.69 Å². The molecule has 116 valence electrons. The number of carbonyl (C=O) groups excluding carboxylic acids is 1. The Kier molecular flexibility index (Phi) is 5.88. The predicted octanol–water partition coefficient (Wildman–Crippen LogP) is 2.37. The van der Waals surface area contributed by atoms with Gasteiger partial charge in [0.05, 0.1) is 6.54 Å². The molecule has 2 rings (SSSR count). The van der Waals surface area contributed by atoms with Crippen molar-refractivity contribution in [2.75, 3.05) is 26.7 Å². The minimum Gasteiger partial charge on any atom is -0.340 e. The predicted molar refractivity (Wildman–Crippen MR) is 86.6 cm³/mol. The molecule has 0 aliphatic carbocycles. The van der Waals surface area contributed by atoms with Gasteiger partial charge in [-0.1, -0.05) is 23.2 Å². The summed E-state index contributed by atoms with van der Waals surface area (Å²) in [5.74, 6) is 0.0987. The molecule has 0 radical (unpaired) electrons. The highest BCUT2D eigenvalue weighted by Gasteiger charge is 2.20. The summed E-state index contributed by atoms with van der Waals surface area (Å²) in [5.41, 5.74) is 6.81. The minimum absolute atomic E-state index is 0.0987. The van der Waals surface area contributed by atoms with E-state index in [0.29, 0.717) is 23.1 Å². The third kappa shape index (κ3) is 5.15. The second kappa shape index (κ2) is 7.45. The standard InChI is InChI=1S/C15H21Cl2N3O/c1-19(9-11-6-12(16)8-13(17)7-11)15(21)10-20-4-2-14(18)3-5-20/h6-8,14H,2-5,9-10,18H2,1H3. The second-order valence-corrected chi connectivity index (χ2v) is 6.51. The van der Waals surface area contributed by atoms with Crippen LogP contribution in [0.25, 0.3) is 0 Å². The maximum Gasteiger partial charge on any atom is 0.236 e. The van der Waals surface area contributed by atoms with Crippen molar-refractivity contribution in [3.63, 3.8) is 0 Å². The average Bonchev–Trinajstić information content (AvgIpc) is 2.40. The van der Waals surface area contributed by atoms with Crippen LogP contribution in [0, 0.1) is 0 Å². The Bertz CT molecular complexity index is 481. The number of nitrogens with zero attached hydrogens (tertiary/aromatic N) is 2. The molecule has 0 saturated carbocycles. The number of likely N-dealkylation sites (tertiary alicyclic amines) is 1. The number of nitrogens with two attached hydrogens (primary N) is 1. The molecule has 0 unspecified atom stereocenters. The topological polar surface area (TPSA) is 49.6 Å². The van der Waals surface area contributed by atoms with Crippen LogP contribution < -0.4 is 5.73 Å². The van der Waals surface area contributed by atoms with Gasteiger partial charge >= 0.3 is 0 Å². The van der Waals surface area contributed by atoms with Crippen molar-refractivity contribution < 1.29 is 4.79 Å². The smallest absolute Gasteiger partial charge is 0.236 e. The summed E-state index contributed by atoms with van der Waals surface area (Å²) in [4.78, 5) is 16.1. The Morgan fingerprint density at radius 3 is 2.43 bits per heavy atom. The molecule has 0 bridgehead atoms. The normalized spacial score (nSPS) is 17.0. The first-order valence-corrected chi connectivity index (χ1v) is 7.86. The number of benzene rings is 1. The SMILES string of the molecule is CN(Cc1cc(Cl)cc(Cl)c1)C(=O)CN1CCC(N)CC1. The minimum atomic E-state index is 0.0987. The summed E-state index contributed by atoms with van der Waals surface area (Å²) in [7, 11) is 1.80. The lowest BCUT2D eigenvalue weighted by Crippen LogP contribution is -2.44. The van der Waals surface area contributed by atoms with Gasteiger partial charge in [0, 0.05) is 42.8 Å². The monoisotopic (exact) mass is 329 g/mol. The third-order valence-electron chi connectivity index (χ3n) is 3.76. The molecule has 1 aliphatic rings. The Balaban J connectivity index is 1.87. The van der Waals surface area contributed by atoms with Crippen molar-refractivity contribution in [3.05, 3.63) is 33.8 Å². The molecule has 1 amide bonds. The van der Waals surface area contributed by atoms with E-state index in [1.807, 2.05) is 12.1 Å². The van der Waals surface area contributed by atoms with Gasteiger partial charge in [-0.15, -0.1) is 0 Å². The molecule has 0 spiro atoms. The van der Waals surface area contributed by atoms with Gasteiger partial charge in [0.2, 0.25) is 5.91 Å². The molecular weight excluding hydrogens is 309 g/mol. The summed E-state index contributed by atoms with van der Waals surface area (Å²) in [6.07, 6.45) is 1.92. The van der Waals surface area contributed by atoms with E-state index in [2.05, 4.69) is 4.90 Å². The maximum absolute atomic E-state index is 12.3. The fraction of sp³-hybridized carbons (Fsp3) is 0.533. The van der Waals surface area contributed by atoms with E-state index in [4.69, 9.17) is 28.9 Å². The molecule has 21 heavy (non-hydrogen) atoms. The Morgan fingerprint density at radius 1 is 1.29 bits per heavy atom. The zero-order valence-corrected chi connectivity index (χ0v) is 13.7. The number of halogens is 2. The summed E-state index contributed by atoms with van der Waals surface area (Å²) < 4.78 is 0. The molecule has 6 heteroatoms. The van der Waals surface area contributed by atoms with Gasteiger partial charge in [-0.2, -0.15) is 0 Å². The molecule has 1 aromatic carbocycles. The Morgan fingerprint density at radius 2 is 1.86 bits per heavy atom. The molecule has 0 atom stereocenters. The van der Waals surface area contributed by atoms with E-state index in [1.54, 1.807) is 18.0 Å². The number of hydrogen-bond donors (Lipinski definition) is 1. The zero-order valence-electron chi connectivity index (χ0n) is 12.2. The van der Waals surface area contributed by atoms with E-state index in [-0.39, 0.29) is 11.9 Å². The van der Waals surface area contributed by atoms with Crippen LogP contribution in [-0.2, 0) is 11.3 Å². The first kappa shape index (κ1) is 16.6. The molecule has 1 fully saturated rings. The van der Waals surface area contributed by atoms with E-state index >= 15 is 0 Å². The number of likely N-dealkylation sites (N-methyl/N-ethyl adjacent to an activating group) is 1. The van der Waals surface area contributed by atoms with E-state index in [0.717, 1.165) is 31.5 Å². The van der Waals surface area contributed by atoms with Gasteiger partial charge < -0.3 is 10.6 Å². The first-order chi connectivity index (χ1) is 9.94. The quantitative estimate of drug-likeness (QED) is 0.922. The number of hydrogen-bond acceptors (Lipinski definition) is 3. The molecule has 1 aromatic rings. The van der Waals surface area contributed by atoms with Crippen LogP contribution >= 0.6 is 23.2 Å². The van der Waals surface area contributed by atoms with Gasteiger partial charge in [0.15, 0.2) is 0 Å². The van der Waals surface area contributed by atoms with Gasteiger partial charge in [0.25, 0.3) is 0 Å². The fourth-order valence-corrected chi connectivity index (χ4v) is 3.06. The molecule has 1 saturated heterocycles. The zero-order chi connectivity index (χ0) is 15.4. The Labute approximate surface area is 135 Å². The molecular formula is C15H21Cl2N3O. The number of amides is 1. The largest absolute Gasteiger partial charge is 0.340 e. The van der Waals surface area contributed by atoms with Gasteiger partial charge in [0.1, 0.15) is 0 Å². The average molecular weight is 330 g/mol. The highest BCUT2D eigenvalue weighted by atomic mass is 35.5. The third-order valence-corrected chi connectivity index (χ3v) is 4.20. The maximum atomic E-state index is 12.3. The molecule has 2 N–H and O–H groups in total. The van der Waals surface area contributed by atoms with Crippen molar-refractivity contribution in [3.8, 4) is 0 Å². The van der Waals surface area contributed by atoms with E-state index in [1.165, 1.54) is 0 Å². The highest BCUT2D eigenvalue weighted by Crippen LogP contribution is 2.20. The van der Waals surface area contributed by atoms with Crippen molar-refractivity contribution >= 4 is 29.1 Å². The highest BCUT2D eigenvalue weighted by molar-refractivity contribution is 6.34. The molecule has 1 aliphatic heterocycles. The van der Waals surface area contributed by atoms with Crippen molar-refractivity contribution in [1.82, 2.24) is 9.80 Å². The second-order valence-electron chi connectivity index (χ2n) is 5.64. The van der Waals surface area contributed by atoms with Gasteiger partial charge in [-0.25, -0.2) is 0 Å². The van der Waals surface area contributed by atoms with Crippen LogP contribution in [0.4, 0.5) is 0 Å². The van der Waals surface area contributed by atoms with Crippen molar-refractivity contribution in [2.24, 2.45) is 5.73 Å². The lowest BCUT2D eigenvalue weighted by molar-refractivity contribution is -0.131. The summed E-state index contributed by atoms with van der Waals surface area (Å²) >= 11 is 11.9. The van der Waals surface area contributed by atoms with Crippen LogP contribution in [0.5, 0.6) is 0 Å². The lowest BCUT2D eigenvalue weighted by atomic mass is 10.1. The Hall–Kier alpha value is -0.810. The van der Waals surface area contributed by atoms with Crippen molar-refractivity contribution in [1.29, 1.82) is 0 Å². The van der Waals surface area contributed by atoms with Gasteiger partial charge in [-0.05, 0) is 36.6 Å². The van der Waals surface area contributed by atoms with Crippen molar-refractivity contribution in [2.45, 2.75) is 25.4 Å². The van der Waals surface area contributed by atoms with Crippen LogP contribution in [0.3, 0.4) is 0 Å². The molecule has 4 nitrogen and oxygen atoms in total. The molecule has 0 aromatic heterocycles. The van der Waals surface area contributed by atoms with Crippen LogP contribution in [0.1, 0.15) is 18.4 Å². The van der Waals surface area contributed by atoms with E-state index < -0.39 is 0 Å². The first-order valence-electron chi connectivity index (χ1n) is 7.11. The summed E-state index contributed by atoms with van der Waals surface area (Å²) in [6, 6.07) is 5.63. The number of carbonyl (C=O) groups is 1. The van der Waals surface area contributed by atoms with E-state index in [9.17, 15) is 4.79 Å². The summed E-state index contributed by atoms with van der Waals surface area (Å²) in [5, 5.41) is 1.17. The molecule has 1 heterocycles. The van der Waals surface area contributed by atoms with Crippen LogP contribution in [0.2, 0.25) is 10.0 Å². The van der Waals surface area contributed by atoms with Crippen LogP contribution in [-0.4, -0.2) is 48.4 Å². The fourth-order valence-electron chi connectivity index (χ4n) is 2.49. The number of rotatable bonds is 4. The van der Waals surface area contributed by atoms with Crippen LogP contribution in [0.15, 0.2) is 18.2 Å². The lowest BCUT2D eigenvalue weighted by Gasteiger charge is -2.30. The summed E-state index contributed by atoms with van der Waals surface area (Å²) in [6.45, 7) is 2.73. The number of piperidine rings is 1.